The van der Waals surface area contributed by atoms with Crippen LogP contribution in [0.2, 0.25) is 19.6 Å². The highest BCUT2D eigenvalue weighted by atomic mass is 28.3. The fourth-order valence-corrected chi connectivity index (χ4v) is 3.21. The Kier molecular flexibility index (Phi) is 5.82. The summed E-state index contributed by atoms with van der Waals surface area (Å²) in [6.07, 6.45) is 0.726. The summed E-state index contributed by atoms with van der Waals surface area (Å²) in [7, 11) is 0.655. The molecule has 2 unspecified atom stereocenters. The van der Waals surface area contributed by atoms with Gasteiger partial charge in [0.25, 0.3) is 0 Å². The standard InChI is InChI=1S/C18H28N2OSi/c1-19-18(14-20-10-8-17(21)13-20)16-7-5-6-15(12-16)9-11-22(2,3)4/h5-7,12,17-19,21H,8,10,13-14H2,1-4H3. The third-order valence-electron chi connectivity index (χ3n) is 3.91. The topological polar surface area (TPSA) is 35.5 Å². The molecule has 1 saturated heterocycles. The van der Waals surface area contributed by atoms with Gasteiger partial charge in [0.2, 0.25) is 0 Å². The number of aliphatic hydroxyl groups excluding tert-OH is 1. The van der Waals surface area contributed by atoms with Crippen molar-refractivity contribution in [2.75, 3.05) is 26.7 Å². The Bertz CT molecular complexity index is 556. The van der Waals surface area contributed by atoms with Crippen LogP contribution in [0.3, 0.4) is 0 Å². The zero-order chi connectivity index (χ0) is 16.2. The maximum Gasteiger partial charge on any atom is 0.129 e. The lowest BCUT2D eigenvalue weighted by Crippen LogP contribution is -2.33. The largest absolute Gasteiger partial charge is 0.392 e. The summed E-state index contributed by atoms with van der Waals surface area (Å²) in [5.41, 5.74) is 5.79. The van der Waals surface area contributed by atoms with Crippen LogP contribution in [0, 0.1) is 11.5 Å². The van der Waals surface area contributed by atoms with E-state index < -0.39 is 8.07 Å². The molecule has 2 rings (SSSR count). The van der Waals surface area contributed by atoms with Crippen molar-refractivity contribution in [3.05, 3.63) is 35.4 Å². The molecule has 3 nitrogen and oxygen atoms in total. The number of hydrogen-bond donors (Lipinski definition) is 2. The van der Waals surface area contributed by atoms with Gasteiger partial charge in [-0.2, -0.15) is 0 Å². The average molecular weight is 317 g/mol. The molecule has 0 radical (unpaired) electrons. The molecule has 0 amide bonds. The van der Waals surface area contributed by atoms with E-state index in [-0.39, 0.29) is 12.1 Å². The van der Waals surface area contributed by atoms with Crippen LogP contribution >= 0.6 is 0 Å². The van der Waals surface area contributed by atoms with Crippen molar-refractivity contribution in [2.45, 2.75) is 38.2 Å². The number of nitrogens with zero attached hydrogens (tertiary/aromatic N) is 1. The number of β-amino-alcohol motifs (C(OH)–C–C–N with tert-alkyl or cyclic N) is 1. The number of rotatable bonds is 4. The molecule has 1 aromatic rings. The summed E-state index contributed by atoms with van der Waals surface area (Å²) < 4.78 is 0. The highest BCUT2D eigenvalue weighted by Crippen LogP contribution is 2.18. The number of nitrogens with one attached hydrogen (secondary N) is 1. The summed E-state index contributed by atoms with van der Waals surface area (Å²) in [5, 5.41) is 13.1. The normalized spacial score (nSPS) is 20.5. The molecule has 1 aliphatic rings. The van der Waals surface area contributed by atoms with Gasteiger partial charge in [0.1, 0.15) is 8.07 Å². The molecule has 1 heterocycles. The third kappa shape index (κ3) is 5.26. The number of benzene rings is 1. The van der Waals surface area contributed by atoms with Crippen LogP contribution < -0.4 is 5.32 Å². The minimum Gasteiger partial charge on any atom is -0.392 e. The van der Waals surface area contributed by atoms with Crippen LogP contribution in [0.5, 0.6) is 0 Å². The maximum absolute atomic E-state index is 9.67. The molecule has 0 spiro atoms. The van der Waals surface area contributed by atoms with Crippen molar-refractivity contribution in [1.29, 1.82) is 0 Å². The zero-order valence-corrected chi connectivity index (χ0v) is 15.2. The molecule has 0 aliphatic carbocycles. The summed E-state index contributed by atoms with van der Waals surface area (Å²) in [6.45, 7) is 9.48. The minimum atomic E-state index is -1.34. The first-order valence-corrected chi connectivity index (χ1v) is 11.6. The Morgan fingerprint density at radius 2 is 2.18 bits per heavy atom. The second-order valence-corrected chi connectivity index (χ2v) is 11.9. The van der Waals surface area contributed by atoms with E-state index in [1.807, 2.05) is 7.05 Å². The van der Waals surface area contributed by atoms with Crippen molar-refractivity contribution in [3.8, 4) is 11.5 Å². The zero-order valence-electron chi connectivity index (χ0n) is 14.2. The lowest BCUT2D eigenvalue weighted by Gasteiger charge is -2.23. The molecule has 0 saturated carbocycles. The smallest absolute Gasteiger partial charge is 0.129 e. The Hall–Kier alpha value is -1.12. The van der Waals surface area contributed by atoms with E-state index in [0.717, 1.165) is 31.6 Å². The van der Waals surface area contributed by atoms with E-state index in [1.54, 1.807) is 0 Å². The Labute approximate surface area is 135 Å². The van der Waals surface area contributed by atoms with Crippen LogP contribution in [0.15, 0.2) is 24.3 Å². The predicted octanol–water partition coefficient (Wildman–Crippen LogP) is 2.24. The predicted molar refractivity (Wildman–Crippen MR) is 95.5 cm³/mol. The molecule has 1 aliphatic heterocycles. The fraction of sp³-hybridized carbons (Fsp3) is 0.556. The molecular weight excluding hydrogens is 288 g/mol. The van der Waals surface area contributed by atoms with Crippen LogP contribution in [0.25, 0.3) is 0 Å². The van der Waals surface area contributed by atoms with Crippen molar-refractivity contribution in [1.82, 2.24) is 10.2 Å². The first-order chi connectivity index (χ1) is 10.4. The molecule has 4 heteroatoms. The van der Waals surface area contributed by atoms with Crippen LogP contribution in [-0.2, 0) is 0 Å². The molecule has 2 N–H and O–H groups in total. The second-order valence-electron chi connectivity index (χ2n) is 7.17. The van der Waals surface area contributed by atoms with Crippen LogP contribution in [0.4, 0.5) is 0 Å². The summed E-state index contributed by atoms with van der Waals surface area (Å²) in [6, 6.07) is 8.81. The van der Waals surface area contributed by atoms with E-state index in [0.29, 0.717) is 0 Å². The Balaban J connectivity index is 2.10. The van der Waals surface area contributed by atoms with Gasteiger partial charge >= 0.3 is 0 Å². The van der Waals surface area contributed by atoms with Crippen molar-refractivity contribution in [3.63, 3.8) is 0 Å². The summed E-state index contributed by atoms with van der Waals surface area (Å²) in [5.74, 6) is 3.33. The van der Waals surface area contributed by atoms with Crippen molar-refractivity contribution >= 4 is 8.07 Å². The highest BCUT2D eigenvalue weighted by Gasteiger charge is 2.23. The average Bonchev–Trinajstić information content (AvgIpc) is 2.87. The molecule has 1 aromatic carbocycles. The molecule has 120 valence electrons. The van der Waals surface area contributed by atoms with Crippen LogP contribution in [0.1, 0.15) is 23.6 Å². The van der Waals surface area contributed by atoms with E-state index in [1.165, 1.54) is 5.56 Å². The Morgan fingerprint density at radius 3 is 2.77 bits per heavy atom. The molecule has 1 fully saturated rings. The first kappa shape index (κ1) is 17.2. The van der Waals surface area contributed by atoms with Gasteiger partial charge in [-0.3, -0.25) is 4.90 Å². The molecule has 0 bridgehead atoms. The van der Waals surface area contributed by atoms with Gasteiger partial charge in [0, 0.05) is 31.2 Å². The fourth-order valence-electron chi connectivity index (χ4n) is 2.69. The lowest BCUT2D eigenvalue weighted by molar-refractivity contribution is 0.173. The van der Waals surface area contributed by atoms with Gasteiger partial charge in [-0.05, 0) is 31.2 Å². The maximum atomic E-state index is 9.67. The van der Waals surface area contributed by atoms with Gasteiger partial charge in [-0.15, -0.1) is 5.54 Å². The number of hydrogen-bond acceptors (Lipinski definition) is 3. The first-order valence-electron chi connectivity index (χ1n) is 8.08. The van der Waals surface area contributed by atoms with Gasteiger partial charge < -0.3 is 10.4 Å². The van der Waals surface area contributed by atoms with Crippen molar-refractivity contribution < 1.29 is 5.11 Å². The third-order valence-corrected chi connectivity index (χ3v) is 4.78. The molecule has 0 aromatic heterocycles. The highest BCUT2D eigenvalue weighted by molar-refractivity contribution is 6.83. The summed E-state index contributed by atoms with van der Waals surface area (Å²) in [4.78, 5) is 2.33. The van der Waals surface area contributed by atoms with E-state index >= 15 is 0 Å². The second kappa shape index (κ2) is 7.43. The SMILES string of the molecule is CNC(CN1CCC(O)C1)c1cccc(C#C[Si](C)(C)C)c1. The van der Waals surface area contributed by atoms with E-state index in [2.05, 4.69) is 65.6 Å². The minimum absolute atomic E-state index is 0.161. The molecular formula is C18H28N2OSi. The quantitative estimate of drug-likeness (QED) is 0.660. The van der Waals surface area contributed by atoms with Gasteiger partial charge in [0.05, 0.1) is 6.10 Å². The van der Waals surface area contributed by atoms with Gasteiger partial charge in [0.15, 0.2) is 0 Å². The Morgan fingerprint density at radius 1 is 1.41 bits per heavy atom. The van der Waals surface area contributed by atoms with E-state index in [4.69, 9.17) is 0 Å². The number of aliphatic hydroxyl groups is 1. The lowest BCUT2D eigenvalue weighted by atomic mass is 10.0. The van der Waals surface area contributed by atoms with E-state index in [9.17, 15) is 5.11 Å². The number of likely N-dealkylation sites (tertiary alicyclic amines) is 1. The van der Waals surface area contributed by atoms with Gasteiger partial charge in [-0.1, -0.05) is 37.7 Å². The van der Waals surface area contributed by atoms with Crippen molar-refractivity contribution in [2.24, 2.45) is 0 Å². The van der Waals surface area contributed by atoms with Crippen LogP contribution in [-0.4, -0.2) is 50.9 Å². The molecule has 22 heavy (non-hydrogen) atoms. The number of likely N-dealkylation sites (N-methyl/N-ethyl adjacent to an activating group) is 1. The monoisotopic (exact) mass is 316 g/mol. The van der Waals surface area contributed by atoms with Gasteiger partial charge in [-0.25, -0.2) is 0 Å². The molecule has 2 atom stereocenters. The summed E-state index contributed by atoms with van der Waals surface area (Å²) >= 11 is 0.